The number of ether oxygens (including phenoxy) is 1. The Labute approximate surface area is 90.2 Å². The second kappa shape index (κ2) is 4.01. The molecule has 0 unspecified atom stereocenters. The van der Waals surface area contributed by atoms with E-state index >= 15 is 0 Å². The Hall–Kier alpha value is -0.380. The summed E-state index contributed by atoms with van der Waals surface area (Å²) in [4.78, 5) is 13.1. The van der Waals surface area contributed by atoms with Gasteiger partial charge in [-0.3, -0.25) is 0 Å². The molecule has 0 atom stereocenters. The summed E-state index contributed by atoms with van der Waals surface area (Å²) in [6.07, 6.45) is 4.84. The zero-order valence-corrected chi connectivity index (χ0v) is 9.26. The van der Waals surface area contributed by atoms with Gasteiger partial charge in [-0.25, -0.2) is 4.79 Å². The van der Waals surface area contributed by atoms with Gasteiger partial charge in [0.1, 0.15) is 6.61 Å². The minimum Gasteiger partial charge on any atom is -0.448 e. The third-order valence-electron chi connectivity index (χ3n) is 3.37. The van der Waals surface area contributed by atoms with Crippen molar-refractivity contribution in [1.29, 1.82) is 0 Å². The number of rotatable bonds is 3. The highest BCUT2D eigenvalue weighted by Gasteiger charge is 2.37. The number of carbonyl (C=O) groups is 1. The van der Waals surface area contributed by atoms with Gasteiger partial charge in [-0.05, 0) is 24.0 Å². The van der Waals surface area contributed by atoms with Gasteiger partial charge in [0.2, 0.25) is 0 Å². The third-order valence-corrected chi connectivity index (χ3v) is 4.04. The SMILES string of the molecule is O=C1OCCN1CC1(CS)CCCC1. The highest BCUT2D eigenvalue weighted by molar-refractivity contribution is 7.80. The van der Waals surface area contributed by atoms with Crippen LogP contribution in [0.1, 0.15) is 25.7 Å². The summed E-state index contributed by atoms with van der Waals surface area (Å²) in [5, 5.41) is 0. The Morgan fingerprint density at radius 1 is 1.43 bits per heavy atom. The van der Waals surface area contributed by atoms with Gasteiger partial charge < -0.3 is 9.64 Å². The van der Waals surface area contributed by atoms with E-state index in [0.29, 0.717) is 6.61 Å². The molecule has 2 rings (SSSR count). The summed E-state index contributed by atoms with van der Waals surface area (Å²) in [5.74, 6) is 0.886. The molecule has 0 spiro atoms. The first-order valence-corrected chi connectivity index (χ1v) is 5.92. The van der Waals surface area contributed by atoms with Crippen molar-refractivity contribution in [2.75, 3.05) is 25.4 Å². The molecule has 0 aromatic carbocycles. The molecule has 0 radical (unpaired) electrons. The van der Waals surface area contributed by atoms with E-state index in [1.165, 1.54) is 25.7 Å². The van der Waals surface area contributed by atoms with Crippen molar-refractivity contribution in [3.05, 3.63) is 0 Å². The van der Waals surface area contributed by atoms with Crippen molar-refractivity contribution in [2.45, 2.75) is 25.7 Å². The Morgan fingerprint density at radius 2 is 2.14 bits per heavy atom. The number of nitrogens with zero attached hydrogens (tertiary/aromatic N) is 1. The van der Waals surface area contributed by atoms with Crippen molar-refractivity contribution in [3.8, 4) is 0 Å². The Kier molecular flexibility index (Phi) is 2.91. The first-order chi connectivity index (χ1) is 6.76. The fourth-order valence-electron chi connectivity index (χ4n) is 2.47. The van der Waals surface area contributed by atoms with Gasteiger partial charge >= 0.3 is 6.09 Å². The van der Waals surface area contributed by atoms with Crippen LogP contribution in [0.5, 0.6) is 0 Å². The molecule has 0 aromatic rings. The van der Waals surface area contributed by atoms with Crippen LogP contribution in [0.3, 0.4) is 0 Å². The van der Waals surface area contributed by atoms with E-state index in [0.717, 1.165) is 18.8 Å². The average Bonchev–Trinajstić information content (AvgIpc) is 2.79. The summed E-state index contributed by atoms with van der Waals surface area (Å²) in [6, 6.07) is 0. The van der Waals surface area contributed by atoms with E-state index < -0.39 is 0 Å². The van der Waals surface area contributed by atoms with Crippen molar-refractivity contribution in [1.82, 2.24) is 4.90 Å². The average molecular weight is 215 g/mol. The molecule has 1 amide bonds. The lowest BCUT2D eigenvalue weighted by Gasteiger charge is -2.30. The van der Waals surface area contributed by atoms with Gasteiger partial charge in [-0.2, -0.15) is 12.6 Å². The molecule has 3 nitrogen and oxygen atoms in total. The van der Waals surface area contributed by atoms with Crippen molar-refractivity contribution in [2.24, 2.45) is 5.41 Å². The summed E-state index contributed by atoms with van der Waals surface area (Å²) >= 11 is 4.42. The topological polar surface area (TPSA) is 29.5 Å². The molecular weight excluding hydrogens is 198 g/mol. The minimum absolute atomic E-state index is 0.141. The molecule has 80 valence electrons. The van der Waals surface area contributed by atoms with Crippen LogP contribution < -0.4 is 0 Å². The fourth-order valence-corrected chi connectivity index (χ4v) is 2.88. The van der Waals surface area contributed by atoms with Gasteiger partial charge in [0, 0.05) is 6.54 Å². The Bertz CT molecular complexity index is 226. The molecule has 0 aromatic heterocycles. The predicted octanol–water partition coefficient (Wildman–Crippen LogP) is 1.93. The zero-order valence-electron chi connectivity index (χ0n) is 8.37. The van der Waals surface area contributed by atoms with Crippen LogP contribution in [-0.4, -0.2) is 36.4 Å². The Morgan fingerprint density at radius 3 is 2.64 bits per heavy atom. The minimum atomic E-state index is -0.141. The molecule has 2 fully saturated rings. The monoisotopic (exact) mass is 215 g/mol. The van der Waals surface area contributed by atoms with E-state index in [4.69, 9.17) is 4.74 Å². The van der Waals surface area contributed by atoms with E-state index in [9.17, 15) is 4.79 Å². The molecule has 2 aliphatic rings. The second-order valence-electron chi connectivity index (χ2n) is 4.40. The predicted molar refractivity (Wildman–Crippen MR) is 57.7 cm³/mol. The largest absolute Gasteiger partial charge is 0.448 e. The van der Waals surface area contributed by atoms with Crippen LogP contribution in [0.4, 0.5) is 4.79 Å². The summed E-state index contributed by atoms with van der Waals surface area (Å²) < 4.78 is 4.93. The fraction of sp³-hybridized carbons (Fsp3) is 0.900. The Balaban J connectivity index is 1.96. The van der Waals surface area contributed by atoms with E-state index in [1.54, 1.807) is 0 Å². The van der Waals surface area contributed by atoms with E-state index in [-0.39, 0.29) is 11.5 Å². The van der Waals surface area contributed by atoms with Crippen LogP contribution in [-0.2, 0) is 4.74 Å². The van der Waals surface area contributed by atoms with Crippen molar-refractivity contribution < 1.29 is 9.53 Å². The lowest BCUT2D eigenvalue weighted by atomic mass is 9.88. The maximum atomic E-state index is 11.3. The first-order valence-electron chi connectivity index (χ1n) is 5.28. The van der Waals surface area contributed by atoms with Crippen LogP contribution in [0.15, 0.2) is 0 Å². The number of hydrogen-bond donors (Lipinski definition) is 1. The molecule has 1 heterocycles. The highest BCUT2D eigenvalue weighted by atomic mass is 32.1. The molecule has 1 aliphatic heterocycles. The number of cyclic esters (lactones) is 1. The second-order valence-corrected chi connectivity index (χ2v) is 4.72. The summed E-state index contributed by atoms with van der Waals surface area (Å²) in [7, 11) is 0. The molecule has 0 bridgehead atoms. The van der Waals surface area contributed by atoms with Crippen LogP contribution >= 0.6 is 12.6 Å². The van der Waals surface area contributed by atoms with Crippen molar-refractivity contribution in [3.63, 3.8) is 0 Å². The zero-order chi connectivity index (χ0) is 10.0. The summed E-state index contributed by atoms with van der Waals surface area (Å²) in [5.41, 5.74) is 0.270. The molecule has 0 N–H and O–H groups in total. The normalized spacial score (nSPS) is 25.5. The molecule has 1 saturated heterocycles. The number of carbonyl (C=O) groups excluding carboxylic acids is 1. The van der Waals surface area contributed by atoms with Crippen LogP contribution in [0.25, 0.3) is 0 Å². The maximum Gasteiger partial charge on any atom is 0.409 e. The molecule has 1 aliphatic carbocycles. The molecule has 1 saturated carbocycles. The molecule has 14 heavy (non-hydrogen) atoms. The number of thiol groups is 1. The van der Waals surface area contributed by atoms with Gasteiger partial charge in [0.05, 0.1) is 6.54 Å². The molecular formula is C10H17NO2S. The van der Waals surface area contributed by atoms with E-state index in [2.05, 4.69) is 12.6 Å². The van der Waals surface area contributed by atoms with Crippen LogP contribution in [0.2, 0.25) is 0 Å². The van der Waals surface area contributed by atoms with Gasteiger partial charge in [0.15, 0.2) is 0 Å². The lowest BCUT2D eigenvalue weighted by molar-refractivity contribution is 0.144. The van der Waals surface area contributed by atoms with Crippen molar-refractivity contribution >= 4 is 18.7 Å². The third kappa shape index (κ3) is 1.85. The molecule has 4 heteroatoms. The lowest BCUT2D eigenvalue weighted by Crippen LogP contribution is -2.38. The first kappa shape index (κ1) is 10.1. The summed E-state index contributed by atoms with van der Waals surface area (Å²) in [6.45, 7) is 2.16. The van der Waals surface area contributed by atoms with Gasteiger partial charge in [-0.15, -0.1) is 0 Å². The maximum absolute atomic E-state index is 11.3. The van der Waals surface area contributed by atoms with Gasteiger partial charge in [-0.1, -0.05) is 12.8 Å². The van der Waals surface area contributed by atoms with E-state index in [1.807, 2.05) is 4.90 Å². The smallest absolute Gasteiger partial charge is 0.409 e. The number of hydrogen-bond acceptors (Lipinski definition) is 3. The number of amides is 1. The van der Waals surface area contributed by atoms with Gasteiger partial charge in [0.25, 0.3) is 0 Å². The standard InChI is InChI=1S/C10H17NO2S/c12-9-11(5-6-13-9)7-10(8-14)3-1-2-4-10/h14H,1-8H2. The quantitative estimate of drug-likeness (QED) is 0.729. The van der Waals surface area contributed by atoms with Crippen LogP contribution in [0, 0.1) is 5.41 Å². The highest BCUT2D eigenvalue weighted by Crippen LogP contribution is 2.40.